The Balaban J connectivity index is 1.23. The maximum atomic E-state index is 9.26. The standard InChI is InChI=1S/C26H36N8O2/c35-17-16-32-10-5-13-33(15-14-32)20-8-6-19(7-9-20)28-24-22-21(18-27-31-25-23(22)36-25)29-26(30-24)34-11-3-1-2-4-12-34/h6-9,18,23,25,31,35H,1-5,10-17H2,(H,28,29,30). The summed E-state index contributed by atoms with van der Waals surface area (Å²) in [5, 5.41) is 17.2. The van der Waals surface area contributed by atoms with E-state index >= 15 is 0 Å². The summed E-state index contributed by atoms with van der Waals surface area (Å²) < 4.78 is 5.82. The second-order valence-electron chi connectivity index (χ2n) is 10.0. The van der Waals surface area contributed by atoms with Crippen LogP contribution in [0.3, 0.4) is 0 Å². The molecule has 10 nitrogen and oxygen atoms in total. The fraction of sp³-hybridized carbons (Fsp3) is 0.577. The predicted molar refractivity (Wildman–Crippen MR) is 141 cm³/mol. The number of β-amino-alcohol motifs (C(OH)–C–C–N with tert-alkyl or cyclic N) is 1. The van der Waals surface area contributed by atoms with Crippen LogP contribution in [0.15, 0.2) is 29.4 Å². The van der Waals surface area contributed by atoms with Gasteiger partial charge in [-0.25, -0.2) is 4.98 Å². The molecule has 0 aliphatic carbocycles. The topological polar surface area (TPSA) is 105 Å². The number of epoxide rings is 1. The number of hydrogen-bond acceptors (Lipinski definition) is 10. The van der Waals surface area contributed by atoms with Crippen molar-refractivity contribution in [2.75, 3.05) is 67.5 Å². The zero-order valence-electron chi connectivity index (χ0n) is 20.8. The molecule has 2 aromatic rings. The van der Waals surface area contributed by atoms with Crippen molar-refractivity contribution in [1.29, 1.82) is 0 Å². The molecule has 1 aromatic carbocycles. The van der Waals surface area contributed by atoms with E-state index in [0.717, 1.165) is 80.9 Å². The van der Waals surface area contributed by atoms with Crippen molar-refractivity contribution in [3.8, 4) is 0 Å². The van der Waals surface area contributed by atoms with Gasteiger partial charge in [-0.3, -0.25) is 10.3 Å². The van der Waals surface area contributed by atoms with Crippen molar-refractivity contribution in [2.24, 2.45) is 5.10 Å². The largest absolute Gasteiger partial charge is 0.395 e. The highest BCUT2D eigenvalue weighted by atomic mass is 16.6. The minimum absolute atomic E-state index is 0.0959. The van der Waals surface area contributed by atoms with E-state index in [1.165, 1.54) is 31.4 Å². The molecule has 192 valence electrons. The molecule has 5 heterocycles. The summed E-state index contributed by atoms with van der Waals surface area (Å²) in [5.41, 5.74) is 7.04. The first kappa shape index (κ1) is 23.4. The number of hydrazone groups is 1. The third-order valence-electron chi connectivity index (χ3n) is 7.52. The van der Waals surface area contributed by atoms with Gasteiger partial charge in [0.1, 0.15) is 11.9 Å². The number of fused-ring (bicyclic) bond motifs is 3. The lowest BCUT2D eigenvalue weighted by Crippen LogP contribution is -2.32. The number of aliphatic hydroxyl groups is 1. The summed E-state index contributed by atoms with van der Waals surface area (Å²) in [6.07, 6.45) is 7.54. The molecule has 0 radical (unpaired) electrons. The summed E-state index contributed by atoms with van der Waals surface area (Å²) in [5.74, 6) is 1.56. The molecular formula is C26H36N8O2. The Labute approximate surface area is 212 Å². The van der Waals surface area contributed by atoms with E-state index in [0.29, 0.717) is 0 Å². The van der Waals surface area contributed by atoms with Gasteiger partial charge < -0.3 is 25.0 Å². The fourth-order valence-corrected chi connectivity index (χ4v) is 5.45. The Hall–Kier alpha value is -2.95. The van der Waals surface area contributed by atoms with Gasteiger partial charge in [0.25, 0.3) is 0 Å². The van der Waals surface area contributed by atoms with Crippen molar-refractivity contribution >= 4 is 29.4 Å². The lowest BCUT2D eigenvalue weighted by atomic mass is 10.1. The molecule has 0 bridgehead atoms. The average Bonchev–Trinajstić information content (AvgIpc) is 3.71. The molecule has 0 amide bonds. The van der Waals surface area contributed by atoms with Crippen LogP contribution in [0.25, 0.3) is 0 Å². The van der Waals surface area contributed by atoms with E-state index in [2.05, 4.69) is 54.8 Å². The highest BCUT2D eigenvalue weighted by Crippen LogP contribution is 2.43. The summed E-state index contributed by atoms with van der Waals surface area (Å²) in [6, 6.07) is 8.61. The number of aliphatic hydroxyl groups excluding tert-OH is 1. The molecule has 3 N–H and O–H groups in total. The number of nitrogens with one attached hydrogen (secondary N) is 2. The van der Waals surface area contributed by atoms with Gasteiger partial charge >= 0.3 is 0 Å². The minimum Gasteiger partial charge on any atom is -0.395 e. The summed E-state index contributed by atoms with van der Waals surface area (Å²) in [7, 11) is 0. The van der Waals surface area contributed by atoms with Crippen LogP contribution >= 0.6 is 0 Å². The Bertz CT molecular complexity index is 1070. The van der Waals surface area contributed by atoms with E-state index in [9.17, 15) is 5.11 Å². The van der Waals surface area contributed by atoms with Gasteiger partial charge in [0, 0.05) is 50.6 Å². The highest BCUT2D eigenvalue weighted by molar-refractivity contribution is 5.84. The summed E-state index contributed by atoms with van der Waals surface area (Å²) >= 11 is 0. The first-order valence-electron chi connectivity index (χ1n) is 13.3. The van der Waals surface area contributed by atoms with Crippen LogP contribution in [-0.2, 0) is 4.74 Å². The van der Waals surface area contributed by atoms with Crippen LogP contribution in [0.2, 0.25) is 0 Å². The summed E-state index contributed by atoms with van der Waals surface area (Å²) in [6.45, 7) is 6.96. The van der Waals surface area contributed by atoms with Gasteiger partial charge in [0.15, 0.2) is 6.23 Å². The molecule has 3 fully saturated rings. The Kier molecular flexibility index (Phi) is 6.89. The van der Waals surface area contributed by atoms with Gasteiger partial charge in [-0.15, -0.1) is 0 Å². The summed E-state index contributed by atoms with van der Waals surface area (Å²) in [4.78, 5) is 17.0. The number of hydrogen-bond donors (Lipinski definition) is 3. The van der Waals surface area contributed by atoms with Crippen LogP contribution in [0.1, 0.15) is 49.5 Å². The van der Waals surface area contributed by atoms with Crippen LogP contribution in [0.4, 0.5) is 23.1 Å². The lowest BCUT2D eigenvalue weighted by Gasteiger charge is -2.24. The average molecular weight is 493 g/mol. The van der Waals surface area contributed by atoms with E-state index in [-0.39, 0.29) is 18.9 Å². The van der Waals surface area contributed by atoms with Gasteiger partial charge in [-0.05, 0) is 50.1 Å². The number of aromatic nitrogens is 2. The molecule has 4 aliphatic rings. The number of anilines is 4. The maximum Gasteiger partial charge on any atom is 0.227 e. The molecule has 0 spiro atoms. The molecule has 3 saturated heterocycles. The molecule has 1 aromatic heterocycles. The van der Waals surface area contributed by atoms with E-state index in [1.54, 1.807) is 6.21 Å². The molecule has 4 aliphatic heterocycles. The van der Waals surface area contributed by atoms with E-state index in [4.69, 9.17) is 14.7 Å². The lowest BCUT2D eigenvalue weighted by molar-refractivity contribution is 0.204. The Morgan fingerprint density at radius 2 is 1.72 bits per heavy atom. The second kappa shape index (κ2) is 10.6. The van der Waals surface area contributed by atoms with Crippen molar-refractivity contribution in [2.45, 2.75) is 44.4 Å². The number of rotatable bonds is 6. The van der Waals surface area contributed by atoms with Crippen molar-refractivity contribution in [3.63, 3.8) is 0 Å². The van der Waals surface area contributed by atoms with Crippen molar-refractivity contribution in [3.05, 3.63) is 35.5 Å². The van der Waals surface area contributed by atoms with Crippen LogP contribution < -0.4 is 20.5 Å². The number of benzene rings is 1. The highest BCUT2D eigenvalue weighted by Gasteiger charge is 2.45. The van der Waals surface area contributed by atoms with Gasteiger partial charge in [-0.1, -0.05) is 12.8 Å². The molecular weight excluding hydrogens is 456 g/mol. The van der Waals surface area contributed by atoms with Crippen LogP contribution in [-0.4, -0.2) is 84.8 Å². The molecule has 0 saturated carbocycles. The zero-order valence-corrected chi connectivity index (χ0v) is 20.8. The number of ether oxygens (including phenoxy) is 1. The predicted octanol–water partition coefficient (Wildman–Crippen LogP) is 2.44. The van der Waals surface area contributed by atoms with Crippen molar-refractivity contribution in [1.82, 2.24) is 20.3 Å². The molecule has 6 rings (SSSR count). The van der Waals surface area contributed by atoms with Gasteiger partial charge in [0.05, 0.1) is 24.1 Å². The molecule has 10 heteroatoms. The van der Waals surface area contributed by atoms with Crippen LogP contribution in [0, 0.1) is 0 Å². The zero-order chi connectivity index (χ0) is 24.3. The third kappa shape index (κ3) is 5.11. The first-order chi connectivity index (χ1) is 17.8. The molecule has 2 atom stereocenters. The quantitative estimate of drug-likeness (QED) is 0.525. The third-order valence-corrected chi connectivity index (χ3v) is 7.52. The van der Waals surface area contributed by atoms with Crippen LogP contribution in [0.5, 0.6) is 0 Å². The normalized spacial score (nSPS) is 24.1. The SMILES string of the molecule is OCCN1CCCN(c2ccc(Nc3nc(N4CCCCCC4)nc4c3C3OC3NN=C4)cc2)CC1. The molecule has 36 heavy (non-hydrogen) atoms. The second-order valence-corrected chi connectivity index (χ2v) is 10.0. The number of nitrogens with zero attached hydrogens (tertiary/aromatic N) is 6. The van der Waals surface area contributed by atoms with Gasteiger partial charge in [-0.2, -0.15) is 10.1 Å². The van der Waals surface area contributed by atoms with Gasteiger partial charge in [0.2, 0.25) is 5.95 Å². The Morgan fingerprint density at radius 1 is 0.917 bits per heavy atom. The van der Waals surface area contributed by atoms with E-state index < -0.39 is 0 Å². The Morgan fingerprint density at radius 3 is 2.53 bits per heavy atom. The monoisotopic (exact) mass is 492 g/mol. The van der Waals surface area contributed by atoms with E-state index in [1.807, 2.05) is 0 Å². The maximum absolute atomic E-state index is 9.26. The first-order valence-corrected chi connectivity index (χ1v) is 13.3. The minimum atomic E-state index is -0.119. The van der Waals surface area contributed by atoms with Crippen molar-refractivity contribution < 1.29 is 9.84 Å². The molecule has 2 unspecified atom stereocenters. The smallest absolute Gasteiger partial charge is 0.227 e. The fourth-order valence-electron chi connectivity index (χ4n) is 5.45.